The van der Waals surface area contributed by atoms with Crippen molar-refractivity contribution < 1.29 is 22.7 Å². The highest BCUT2D eigenvalue weighted by molar-refractivity contribution is 7.99. The van der Waals surface area contributed by atoms with Gasteiger partial charge in [-0.05, 0) is 30.3 Å². The number of hydrogen-bond donors (Lipinski definition) is 2. The molecule has 1 heterocycles. The molecule has 0 aromatic heterocycles. The van der Waals surface area contributed by atoms with E-state index in [4.69, 9.17) is 4.74 Å². The summed E-state index contributed by atoms with van der Waals surface area (Å²) < 4.78 is 45.8. The topological polar surface area (TPSA) is 53.6 Å². The van der Waals surface area contributed by atoms with Crippen LogP contribution in [0, 0.1) is 0 Å². The van der Waals surface area contributed by atoms with Crippen LogP contribution in [0.5, 0.6) is 0 Å². The predicted molar refractivity (Wildman–Crippen MR) is 109 cm³/mol. The van der Waals surface area contributed by atoms with Crippen molar-refractivity contribution >= 4 is 29.2 Å². The van der Waals surface area contributed by atoms with Crippen molar-refractivity contribution in [2.24, 2.45) is 0 Å². The quantitative estimate of drug-likeness (QED) is 0.530. The van der Waals surface area contributed by atoms with E-state index in [1.165, 1.54) is 6.07 Å². The molecule has 0 radical (unpaired) electrons. The average Bonchev–Trinajstić information content (AvgIpc) is 2.72. The molecule has 156 valence electrons. The second kappa shape index (κ2) is 9.89. The van der Waals surface area contributed by atoms with E-state index in [-0.39, 0.29) is 5.69 Å². The number of anilines is 2. The zero-order valence-corrected chi connectivity index (χ0v) is 16.5. The van der Waals surface area contributed by atoms with Gasteiger partial charge in [-0.15, -0.1) is 11.8 Å². The van der Waals surface area contributed by atoms with Crippen molar-refractivity contribution in [2.45, 2.75) is 11.1 Å². The van der Waals surface area contributed by atoms with E-state index in [2.05, 4.69) is 10.6 Å². The van der Waals surface area contributed by atoms with Crippen LogP contribution in [0.15, 0.2) is 53.4 Å². The molecule has 0 unspecified atom stereocenters. The first-order chi connectivity index (χ1) is 13.9. The van der Waals surface area contributed by atoms with Gasteiger partial charge in [0.2, 0.25) is 0 Å². The van der Waals surface area contributed by atoms with Crippen molar-refractivity contribution in [2.75, 3.05) is 48.8 Å². The molecule has 0 bridgehead atoms. The third-order valence-electron chi connectivity index (χ3n) is 4.33. The number of ether oxygens (including phenoxy) is 1. The van der Waals surface area contributed by atoms with Crippen LogP contribution in [0.2, 0.25) is 0 Å². The Labute approximate surface area is 171 Å². The lowest BCUT2D eigenvalue weighted by atomic mass is 10.1. The summed E-state index contributed by atoms with van der Waals surface area (Å²) in [7, 11) is 0. The fraction of sp³-hybridized carbons (Fsp3) is 0.350. The third-order valence-corrected chi connectivity index (χ3v) is 5.35. The molecule has 2 amide bonds. The van der Waals surface area contributed by atoms with Gasteiger partial charge in [0.15, 0.2) is 0 Å². The van der Waals surface area contributed by atoms with Gasteiger partial charge in [-0.1, -0.05) is 18.2 Å². The second-order valence-electron chi connectivity index (χ2n) is 6.37. The number of carbonyl (C=O) groups is 1. The van der Waals surface area contributed by atoms with Crippen molar-refractivity contribution in [1.82, 2.24) is 5.32 Å². The van der Waals surface area contributed by atoms with Crippen molar-refractivity contribution in [3.8, 4) is 0 Å². The normalized spacial score (nSPS) is 14.5. The standard InChI is InChI=1S/C20H22F3N3O2S/c21-20(22,23)17-14-15(26-9-11-28-12-10-26)6-7-18(17)25-19(27)24-8-13-29-16-4-2-1-3-5-16/h1-7,14H,8-13H2,(H2,24,25,27). The van der Waals surface area contributed by atoms with Gasteiger partial charge in [-0.25, -0.2) is 4.79 Å². The molecule has 2 N–H and O–H groups in total. The summed E-state index contributed by atoms with van der Waals surface area (Å²) in [4.78, 5) is 15.0. The summed E-state index contributed by atoms with van der Waals surface area (Å²) in [5.41, 5.74) is -0.663. The van der Waals surface area contributed by atoms with Crippen LogP contribution >= 0.6 is 11.8 Å². The number of carbonyl (C=O) groups excluding carboxylic acids is 1. The number of benzene rings is 2. The molecule has 1 aliphatic rings. The molecule has 0 atom stereocenters. The maximum absolute atomic E-state index is 13.5. The molecule has 0 spiro atoms. The number of nitrogens with zero attached hydrogens (tertiary/aromatic N) is 1. The number of rotatable bonds is 6. The Balaban J connectivity index is 1.59. The van der Waals surface area contributed by atoms with Crippen LogP contribution in [0.3, 0.4) is 0 Å². The summed E-state index contributed by atoms with van der Waals surface area (Å²) in [6.07, 6.45) is -4.58. The lowest BCUT2D eigenvalue weighted by molar-refractivity contribution is -0.136. The molecule has 1 fully saturated rings. The fourth-order valence-corrected chi connectivity index (χ4v) is 3.70. The molecule has 3 rings (SSSR count). The number of morpholine rings is 1. The number of halogens is 3. The Hall–Kier alpha value is -2.39. The first kappa shape index (κ1) is 21.3. The minimum absolute atomic E-state index is 0.261. The summed E-state index contributed by atoms with van der Waals surface area (Å²) >= 11 is 1.56. The molecule has 5 nitrogen and oxygen atoms in total. The number of thioether (sulfide) groups is 1. The Bertz CT molecular complexity index is 812. The molecular formula is C20H22F3N3O2S. The second-order valence-corrected chi connectivity index (χ2v) is 7.54. The summed E-state index contributed by atoms with van der Waals surface area (Å²) in [6, 6.07) is 13.0. The van der Waals surface area contributed by atoms with E-state index < -0.39 is 17.8 Å². The molecule has 2 aromatic carbocycles. The number of alkyl halides is 3. The Kier molecular flexibility index (Phi) is 7.27. The first-order valence-electron chi connectivity index (χ1n) is 9.20. The van der Waals surface area contributed by atoms with Crippen LogP contribution in [-0.4, -0.2) is 44.6 Å². The number of hydrogen-bond acceptors (Lipinski definition) is 4. The van der Waals surface area contributed by atoms with Crippen LogP contribution in [-0.2, 0) is 10.9 Å². The van der Waals surface area contributed by atoms with Crippen LogP contribution < -0.4 is 15.5 Å². The Morgan fingerprint density at radius 2 is 1.83 bits per heavy atom. The highest BCUT2D eigenvalue weighted by atomic mass is 32.2. The number of urea groups is 1. The highest BCUT2D eigenvalue weighted by Gasteiger charge is 2.34. The smallest absolute Gasteiger partial charge is 0.378 e. The number of nitrogens with one attached hydrogen (secondary N) is 2. The minimum atomic E-state index is -4.58. The van der Waals surface area contributed by atoms with Crippen LogP contribution in [0.1, 0.15) is 5.56 Å². The van der Waals surface area contributed by atoms with Gasteiger partial charge in [-0.2, -0.15) is 13.2 Å². The molecular weight excluding hydrogens is 403 g/mol. The summed E-state index contributed by atoms with van der Waals surface area (Å²) in [6.45, 7) is 2.35. The van der Waals surface area contributed by atoms with Gasteiger partial charge in [0.05, 0.1) is 24.5 Å². The highest BCUT2D eigenvalue weighted by Crippen LogP contribution is 2.37. The molecule has 29 heavy (non-hydrogen) atoms. The van der Waals surface area contributed by atoms with E-state index in [1.54, 1.807) is 17.8 Å². The van der Waals surface area contributed by atoms with Crippen molar-refractivity contribution in [1.29, 1.82) is 0 Å². The van der Waals surface area contributed by atoms with E-state index in [1.807, 2.05) is 35.2 Å². The van der Waals surface area contributed by atoms with Gasteiger partial charge < -0.3 is 20.3 Å². The lowest BCUT2D eigenvalue weighted by Crippen LogP contribution is -2.36. The Morgan fingerprint density at radius 3 is 2.52 bits per heavy atom. The maximum atomic E-state index is 13.5. The maximum Gasteiger partial charge on any atom is 0.418 e. The molecule has 1 saturated heterocycles. The minimum Gasteiger partial charge on any atom is -0.378 e. The zero-order chi connectivity index (χ0) is 20.7. The van der Waals surface area contributed by atoms with E-state index in [0.717, 1.165) is 11.0 Å². The van der Waals surface area contributed by atoms with E-state index in [9.17, 15) is 18.0 Å². The largest absolute Gasteiger partial charge is 0.418 e. The SMILES string of the molecule is O=C(NCCSc1ccccc1)Nc1ccc(N2CCOCC2)cc1C(F)(F)F. The summed E-state index contributed by atoms with van der Waals surface area (Å²) in [5.74, 6) is 0.611. The number of amides is 2. The zero-order valence-electron chi connectivity index (χ0n) is 15.7. The van der Waals surface area contributed by atoms with Crippen LogP contribution in [0.25, 0.3) is 0 Å². The van der Waals surface area contributed by atoms with Gasteiger partial charge in [0.25, 0.3) is 0 Å². The molecule has 0 saturated carbocycles. The molecule has 2 aromatic rings. The van der Waals surface area contributed by atoms with E-state index in [0.29, 0.717) is 44.3 Å². The molecule has 1 aliphatic heterocycles. The lowest BCUT2D eigenvalue weighted by Gasteiger charge is -2.29. The molecule has 0 aliphatic carbocycles. The van der Waals surface area contributed by atoms with Gasteiger partial charge >= 0.3 is 12.2 Å². The van der Waals surface area contributed by atoms with Gasteiger partial charge in [0, 0.05) is 36.0 Å². The van der Waals surface area contributed by atoms with Gasteiger partial charge in [-0.3, -0.25) is 0 Å². The van der Waals surface area contributed by atoms with Crippen molar-refractivity contribution in [3.63, 3.8) is 0 Å². The predicted octanol–water partition coefficient (Wildman–Crippen LogP) is 4.46. The van der Waals surface area contributed by atoms with Crippen LogP contribution in [0.4, 0.5) is 29.3 Å². The monoisotopic (exact) mass is 425 g/mol. The molecule has 9 heteroatoms. The van der Waals surface area contributed by atoms with Gasteiger partial charge in [0.1, 0.15) is 0 Å². The van der Waals surface area contributed by atoms with E-state index >= 15 is 0 Å². The average molecular weight is 425 g/mol. The van der Waals surface area contributed by atoms with Crippen molar-refractivity contribution in [3.05, 3.63) is 54.1 Å². The Morgan fingerprint density at radius 1 is 1.10 bits per heavy atom. The fourth-order valence-electron chi connectivity index (χ4n) is 2.91. The third kappa shape index (κ3) is 6.30. The first-order valence-corrected chi connectivity index (χ1v) is 10.2. The summed E-state index contributed by atoms with van der Waals surface area (Å²) in [5, 5.41) is 4.92.